The molecule has 2 N–H and O–H groups in total. The largest absolute Gasteiger partial charge is 0.324 e. The molecule has 31 heavy (non-hydrogen) atoms. The van der Waals surface area contributed by atoms with Crippen molar-refractivity contribution in [3.63, 3.8) is 0 Å². The van der Waals surface area contributed by atoms with Gasteiger partial charge in [-0.2, -0.15) is 5.10 Å². The van der Waals surface area contributed by atoms with Crippen LogP contribution >= 0.6 is 11.6 Å². The van der Waals surface area contributed by atoms with E-state index in [0.717, 1.165) is 4.68 Å². The SMILES string of the molecule is CC(=O)Nc1cc(-c2ccc(Cl)cc2)nn(CC(=O)Nc2ccc(C(C)=O)cc2)c1=O. The molecule has 2 amide bonds. The first kappa shape index (κ1) is 21.9. The molecular weight excluding hydrogens is 420 g/mol. The summed E-state index contributed by atoms with van der Waals surface area (Å²) in [7, 11) is 0. The van der Waals surface area contributed by atoms with E-state index in [0.29, 0.717) is 27.5 Å². The summed E-state index contributed by atoms with van der Waals surface area (Å²) in [5.41, 5.74) is 1.43. The van der Waals surface area contributed by atoms with E-state index in [1.165, 1.54) is 19.9 Å². The lowest BCUT2D eigenvalue weighted by molar-refractivity contribution is -0.117. The Morgan fingerprint density at radius 2 is 1.61 bits per heavy atom. The van der Waals surface area contributed by atoms with Crippen LogP contribution in [0.2, 0.25) is 5.02 Å². The molecule has 0 unspecified atom stereocenters. The highest BCUT2D eigenvalue weighted by atomic mass is 35.5. The topological polar surface area (TPSA) is 110 Å². The number of aromatic nitrogens is 2. The van der Waals surface area contributed by atoms with Crippen LogP contribution < -0.4 is 16.2 Å². The van der Waals surface area contributed by atoms with Crippen molar-refractivity contribution in [1.82, 2.24) is 9.78 Å². The number of amides is 2. The zero-order chi connectivity index (χ0) is 22.5. The maximum Gasteiger partial charge on any atom is 0.291 e. The Hall–Kier alpha value is -3.78. The van der Waals surface area contributed by atoms with Crippen molar-refractivity contribution in [3.05, 3.63) is 75.5 Å². The lowest BCUT2D eigenvalue weighted by Gasteiger charge is -2.12. The molecule has 8 nitrogen and oxygen atoms in total. The highest BCUT2D eigenvalue weighted by Crippen LogP contribution is 2.20. The van der Waals surface area contributed by atoms with Crippen LogP contribution in [0.25, 0.3) is 11.3 Å². The third kappa shape index (κ3) is 5.64. The number of halogens is 1. The number of anilines is 2. The van der Waals surface area contributed by atoms with Crippen LogP contribution in [0, 0.1) is 0 Å². The molecule has 9 heteroatoms. The summed E-state index contributed by atoms with van der Waals surface area (Å²) in [5.74, 6) is -1.00. The zero-order valence-electron chi connectivity index (χ0n) is 16.8. The number of nitrogens with one attached hydrogen (secondary N) is 2. The molecule has 0 atom stereocenters. The van der Waals surface area contributed by atoms with E-state index in [-0.39, 0.29) is 18.0 Å². The Bertz CT molecular complexity index is 1200. The zero-order valence-corrected chi connectivity index (χ0v) is 17.6. The Morgan fingerprint density at radius 3 is 2.19 bits per heavy atom. The molecule has 2 aromatic carbocycles. The summed E-state index contributed by atoms with van der Waals surface area (Å²) < 4.78 is 0.981. The van der Waals surface area contributed by atoms with Gasteiger partial charge in [0.15, 0.2) is 5.78 Å². The second kappa shape index (κ2) is 9.36. The van der Waals surface area contributed by atoms with Gasteiger partial charge in [-0.05, 0) is 49.4 Å². The molecule has 0 aliphatic heterocycles. The van der Waals surface area contributed by atoms with Gasteiger partial charge in [-0.15, -0.1) is 0 Å². The predicted molar refractivity (Wildman–Crippen MR) is 118 cm³/mol. The van der Waals surface area contributed by atoms with Crippen LogP contribution in [0.1, 0.15) is 24.2 Å². The molecule has 0 aliphatic carbocycles. The quantitative estimate of drug-likeness (QED) is 0.573. The number of rotatable bonds is 6. The smallest absolute Gasteiger partial charge is 0.291 e. The number of nitrogens with zero attached hydrogens (tertiary/aromatic N) is 2. The molecule has 0 aliphatic rings. The van der Waals surface area contributed by atoms with E-state index in [4.69, 9.17) is 11.6 Å². The highest BCUT2D eigenvalue weighted by Gasteiger charge is 2.14. The lowest BCUT2D eigenvalue weighted by Crippen LogP contribution is -2.32. The Kier molecular flexibility index (Phi) is 6.61. The first-order valence-corrected chi connectivity index (χ1v) is 9.67. The van der Waals surface area contributed by atoms with E-state index < -0.39 is 17.4 Å². The van der Waals surface area contributed by atoms with Crippen LogP contribution in [0.3, 0.4) is 0 Å². The number of hydrogen-bond acceptors (Lipinski definition) is 5. The molecule has 0 radical (unpaired) electrons. The Labute approximate surface area is 182 Å². The summed E-state index contributed by atoms with van der Waals surface area (Å²) in [6, 6.07) is 14.6. The number of Topliss-reactive ketones (excluding diaryl/α,β-unsaturated/α-hetero) is 1. The third-order valence-electron chi connectivity index (χ3n) is 4.29. The van der Waals surface area contributed by atoms with Gasteiger partial charge in [-0.1, -0.05) is 23.7 Å². The molecule has 1 heterocycles. The number of hydrogen-bond donors (Lipinski definition) is 2. The van der Waals surface area contributed by atoms with Crippen LogP contribution in [0.5, 0.6) is 0 Å². The minimum Gasteiger partial charge on any atom is -0.324 e. The maximum atomic E-state index is 12.7. The van der Waals surface area contributed by atoms with Gasteiger partial charge in [-0.3, -0.25) is 19.2 Å². The minimum absolute atomic E-state index is 0.00561. The molecule has 0 saturated carbocycles. The van der Waals surface area contributed by atoms with Crippen molar-refractivity contribution in [2.75, 3.05) is 10.6 Å². The molecule has 0 bridgehead atoms. The molecule has 0 saturated heterocycles. The average Bonchev–Trinajstić information content (AvgIpc) is 2.71. The molecular formula is C22H19ClN4O4. The van der Waals surface area contributed by atoms with Crippen molar-refractivity contribution >= 4 is 40.6 Å². The van der Waals surface area contributed by atoms with Crippen molar-refractivity contribution < 1.29 is 14.4 Å². The second-order valence-corrected chi connectivity index (χ2v) is 7.21. The van der Waals surface area contributed by atoms with Gasteiger partial charge in [0.2, 0.25) is 11.8 Å². The molecule has 0 fully saturated rings. The standard InChI is InChI=1S/C22H19ClN4O4/c1-13(28)15-5-9-18(10-6-15)25-21(30)12-27-22(31)20(24-14(2)29)11-19(26-27)16-3-7-17(23)8-4-16/h3-11H,12H2,1-2H3,(H,24,29)(H,25,30). The van der Waals surface area contributed by atoms with E-state index >= 15 is 0 Å². The van der Waals surface area contributed by atoms with E-state index in [1.807, 2.05) is 0 Å². The fourth-order valence-electron chi connectivity index (χ4n) is 2.81. The fourth-order valence-corrected chi connectivity index (χ4v) is 2.94. The van der Waals surface area contributed by atoms with Crippen molar-refractivity contribution in [1.29, 1.82) is 0 Å². The van der Waals surface area contributed by atoms with Gasteiger partial charge < -0.3 is 10.6 Å². The maximum absolute atomic E-state index is 12.7. The predicted octanol–water partition coefficient (Wildman–Crippen LogP) is 3.36. The van der Waals surface area contributed by atoms with Crippen molar-refractivity contribution in [3.8, 4) is 11.3 Å². The number of carbonyl (C=O) groups excluding carboxylic acids is 3. The molecule has 3 rings (SSSR count). The van der Waals surface area contributed by atoms with Gasteiger partial charge >= 0.3 is 0 Å². The number of carbonyl (C=O) groups is 3. The first-order chi connectivity index (χ1) is 14.7. The van der Waals surface area contributed by atoms with Crippen molar-refractivity contribution in [2.45, 2.75) is 20.4 Å². The van der Waals surface area contributed by atoms with Crippen LogP contribution in [0.15, 0.2) is 59.4 Å². The summed E-state index contributed by atoms with van der Waals surface area (Å²) in [6.45, 7) is 2.36. The first-order valence-electron chi connectivity index (χ1n) is 9.29. The molecule has 3 aromatic rings. The third-order valence-corrected chi connectivity index (χ3v) is 4.55. The summed E-state index contributed by atoms with van der Waals surface area (Å²) in [5, 5.41) is 9.93. The van der Waals surface area contributed by atoms with Gasteiger partial charge in [0.1, 0.15) is 12.2 Å². The molecule has 1 aromatic heterocycles. The van der Waals surface area contributed by atoms with Gasteiger partial charge in [0.25, 0.3) is 5.56 Å². The highest BCUT2D eigenvalue weighted by molar-refractivity contribution is 6.30. The summed E-state index contributed by atoms with van der Waals surface area (Å²) in [6.07, 6.45) is 0. The van der Waals surface area contributed by atoms with Crippen LogP contribution in [-0.2, 0) is 16.1 Å². The van der Waals surface area contributed by atoms with Crippen LogP contribution in [-0.4, -0.2) is 27.4 Å². The monoisotopic (exact) mass is 438 g/mol. The van der Waals surface area contributed by atoms with E-state index in [9.17, 15) is 19.2 Å². The van der Waals surface area contributed by atoms with E-state index in [2.05, 4.69) is 15.7 Å². The van der Waals surface area contributed by atoms with Crippen LogP contribution in [0.4, 0.5) is 11.4 Å². The van der Waals surface area contributed by atoms with Gasteiger partial charge in [0, 0.05) is 28.8 Å². The Morgan fingerprint density at radius 1 is 0.968 bits per heavy atom. The Balaban J connectivity index is 1.89. The lowest BCUT2D eigenvalue weighted by atomic mass is 10.1. The summed E-state index contributed by atoms with van der Waals surface area (Å²) in [4.78, 5) is 48.1. The summed E-state index contributed by atoms with van der Waals surface area (Å²) >= 11 is 5.92. The van der Waals surface area contributed by atoms with Gasteiger partial charge in [-0.25, -0.2) is 4.68 Å². The minimum atomic E-state index is -0.616. The normalized spacial score (nSPS) is 10.4. The van der Waals surface area contributed by atoms with Gasteiger partial charge in [0.05, 0.1) is 5.69 Å². The molecule has 0 spiro atoms. The van der Waals surface area contributed by atoms with E-state index in [1.54, 1.807) is 48.5 Å². The molecule has 158 valence electrons. The average molecular weight is 439 g/mol. The van der Waals surface area contributed by atoms with Crippen molar-refractivity contribution in [2.24, 2.45) is 0 Å². The fraction of sp³-hybridized carbons (Fsp3) is 0.136. The second-order valence-electron chi connectivity index (χ2n) is 6.78. The number of ketones is 1. The number of benzene rings is 2.